The van der Waals surface area contributed by atoms with Gasteiger partial charge < -0.3 is 10.6 Å². The molecule has 0 aliphatic heterocycles. The molecular weight excluding hydrogens is 393 g/mol. The maximum atomic E-state index is 13.0. The van der Waals surface area contributed by atoms with Crippen molar-refractivity contribution >= 4 is 23.4 Å². The van der Waals surface area contributed by atoms with E-state index in [1.54, 1.807) is 24.3 Å². The molecule has 0 spiro atoms. The summed E-state index contributed by atoms with van der Waals surface area (Å²) < 4.78 is 13.0. The van der Waals surface area contributed by atoms with Crippen LogP contribution in [0.5, 0.6) is 0 Å². The fraction of sp³-hybridized carbons (Fsp3) is 0.409. The van der Waals surface area contributed by atoms with Crippen LogP contribution in [0.3, 0.4) is 0 Å². The van der Waals surface area contributed by atoms with E-state index in [1.807, 2.05) is 0 Å². The number of carbonyl (C=O) groups is 2. The molecular formula is C22H23ClFN3O2. The molecule has 152 valence electrons. The van der Waals surface area contributed by atoms with E-state index in [9.17, 15) is 14.0 Å². The summed E-state index contributed by atoms with van der Waals surface area (Å²) in [6, 6.07) is 9.75. The zero-order chi connectivity index (χ0) is 20.5. The number of fused-ring (bicyclic) bond motifs is 1. The van der Waals surface area contributed by atoms with Crippen LogP contribution < -0.4 is 10.6 Å². The largest absolute Gasteiger partial charge is 0.349 e. The number of halogens is 2. The van der Waals surface area contributed by atoms with Crippen LogP contribution in [0, 0.1) is 23.6 Å². The highest BCUT2D eigenvalue weighted by Gasteiger charge is 2.58. The van der Waals surface area contributed by atoms with Crippen molar-refractivity contribution in [1.82, 2.24) is 15.6 Å². The minimum absolute atomic E-state index is 0.0780. The molecule has 0 bridgehead atoms. The van der Waals surface area contributed by atoms with Crippen LogP contribution in [-0.2, 0) is 0 Å². The third-order valence-electron chi connectivity index (χ3n) is 6.13. The minimum atomic E-state index is -0.460. The van der Waals surface area contributed by atoms with Crippen LogP contribution in [0.1, 0.15) is 47.0 Å². The Morgan fingerprint density at radius 2 is 1.83 bits per heavy atom. The number of amides is 2. The van der Waals surface area contributed by atoms with E-state index < -0.39 is 5.82 Å². The highest BCUT2D eigenvalue weighted by molar-refractivity contribution is 6.30. The number of rotatable bonds is 6. The van der Waals surface area contributed by atoms with Crippen LogP contribution in [0.2, 0.25) is 5.02 Å². The number of nitrogens with one attached hydrogen (secondary N) is 2. The van der Waals surface area contributed by atoms with Crippen molar-refractivity contribution in [2.24, 2.45) is 17.8 Å². The Morgan fingerprint density at radius 3 is 2.41 bits per heavy atom. The lowest BCUT2D eigenvalue weighted by molar-refractivity contribution is 0.0926. The van der Waals surface area contributed by atoms with Gasteiger partial charge in [-0.25, -0.2) is 9.37 Å². The molecule has 1 aromatic carbocycles. The van der Waals surface area contributed by atoms with Crippen molar-refractivity contribution in [3.8, 4) is 0 Å². The molecule has 2 aromatic rings. The molecule has 1 aromatic heterocycles. The van der Waals surface area contributed by atoms with E-state index in [-0.39, 0.29) is 29.6 Å². The molecule has 4 rings (SSSR count). The van der Waals surface area contributed by atoms with Gasteiger partial charge in [-0.15, -0.1) is 0 Å². The maximum absolute atomic E-state index is 13.0. The Morgan fingerprint density at radius 1 is 1.14 bits per heavy atom. The molecule has 2 N–H and O–H groups in total. The molecule has 7 heteroatoms. The van der Waals surface area contributed by atoms with E-state index in [0.29, 0.717) is 28.3 Å². The average Bonchev–Trinajstić information content (AvgIpc) is 3.20. The fourth-order valence-corrected chi connectivity index (χ4v) is 4.83. The fourth-order valence-electron chi connectivity index (χ4n) is 4.70. The summed E-state index contributed by atoms with van der Waals surface area (Å²) in [5.74, 6) is 0.668. The van der Waals surface area contributed by atoms with E-state index in [4.69, 9.17) is 11.6 Å². The Balaban J connectivity index is 1.29. The molecule has 29 heavy (non-hydrogen) atoms. The summed E-state index contributed by atoms with van der Waals surface area (Å²) in [6.45, 7) is 2.08. The van der Waals surface area contributed by atoms with Crippen molar-refractivity contribution in [2.75, 3.05) is 0 Å². The molecule has 0 radical (unpaired) electrons. The lowest BCUT2D eigenvalue weighted by Crippen LogP contribution is -2.39. The number of hydrogen-bond donors (Lipinski definition) is 2. The molecule has 2 aliphatic carbocycles. The molecule has 2 amide bonds. The second kappa shape index (κ2) is 8.11. The first kappa shape index (κ1) is 19.8. The zero-order valence-corrected chi connectivity index (χ0v) is 16.8. The van der Waals surface area contributed by atoms with Crippen molar-refractivity contribution in [1.29, 1.82) is 0 Å². The van der Waals surface area contributed by atoms with E-state index >= 15 is 0 Å². The standard InChI is InChI=1S/C22H23ClFN3O2/c1-2-18(27-21(28)12-3-5-13(23)6-4-12)20-16-9-15(10-17(16)20)26-22(29)19-8-7-14(24)11-25-19/h3-8,11,15-18,20H,2,9-10H2,1H3,(H,26,29)(H,27,28)/t15-,16+,17?,18?,20-/m1/s1. The summed E-state index contributed by atoms with van der Waals surface area (Å²) in [6.07, 6.45) is 3.71. The molecule has 1 heterocycles. The van der Waals surface area contributed by atoms with Gasteiger partial charge in [-0.2, -0.15) is 0 Å². The quantitative estimate of drug-likeness (QED) is 0.753. The summed E-state index contributed by atoms with van der Waals surface area (Å²) in [4.78, 5) is 28.6. The van der Waals surface area contributed by atoms with E-state index in [0.717, 1.165) is 25.5 Å². The van der Waals surface area contributed by atoms with Gasteiger partial charge in [0.05, 0.1) is 6.20 Å². The maximum Gasteiger partial charge on any atom is 0.270 e. The normalized spacial score (nSPS) is 25.8. The van der Waals surface area contributed by atoms with Crippen molar-refractivity contribution in [2.45, 2.75) is 38.3 Å². The lowest BCUT2D eigenvalue weighted by Gasteiger charge is -2.22. The predicted molar refractivity (Wildman–Crippen MR) is 108 cm³/mol. The second-order valence-corrected chi connectivity index (χ2v) is 8.34. The Bertz CT molecular complexity index is 891. The monoisotopic (exact) mass is 415 g/mol. The van der Waals surface area contributed by atoms with Crippen molar-refractivity contribution in [3.05, 3.63) is 64.7 Å². The summed E-state index contributed by atoms with van der Waals surface area (Å²) in [5, 5.41) is 6.77. The molecule has 5 atom stereocenters. The van der Waals surface area contributed by atoms with Gasteiger partial charge in [0.2, 0.25) is 0 Å². The van der Waals surface area contributed by atoms with Crippen LogP contribution in [0.25, 0.3) is 0 Å². The van der Waals surface area contributed by atoms with Gasteiger partial charge in [-0.1, -0.05) is 18.5 Å². The third kappa shape index (κ3) is 4.27. The SMILES string of the molecule is CCC(NC(=O)c1ccc(Cl)cc1)[C@H]1C2C[C@H](NC(=O)c3ccc(F)cn3)C[C@@H]21. The van der Waals surface area contributed by atoms with Crippen molar-refractivity contribution in [3.63, 3.8) is 0 Å². The molecule has 0 saturated heterocycles. The van der Waals surface area contributed by atoms with Gasteiger partial charge in [0.25, 0.3) is 11.8 Å². The number of nitrogens with zero attached hydrogens (tertiary/aromatic N) is 1. The van der Waals surface area contributed by atoms with Gasteiger partial charge in [-0.05, 0) is 73.4 Å². The highest BCUT2D eigenvalue weighted by Crippen LogP contribution is 2.59. The van der Waals surface area contributed by atoms with Gasteiger partial charge >= 0.3 is 0 Å². The Labute approximate surface area is 174 Å². The highest BCUT2D eigenvalue weighted by atomic mass is 35.5. The predicted octanol–water partition coefficient (Wildman–Crippen LogP) is 3.84. The minimum Gasteiger partial charge on any atom is -0.349 e. The average molecular weight is 416 g/mol. The number of carbonyl (C=O) groups excluding carboxylic acids is 2. The molecule has 2 unspecified atom stereocenters. The number of hydrogen-bond acceptors (Lipinski definition) is 3. The third-order valence-corrected chi connectivity index (χ3v) is 6.39. The van der Waals surface area contributed by atoms with Gasteiger partial charge in [0, 0.05) is 22.7 Å². The number of pyridine rings is 1. The van der Waals surface area contributed by atoms with Crippen LogP contribution in [0.4, 0.5) is 4.39 Å². The summed E-state index contributed by atoms with van der Waals surface area (Å²) >= 11 is 5.89. The first-order valence-electron chi connectivity index (χ1n) is 9.95. The van der Waals surface area contributed by atoms with Crippen LogP contribution in [0.15, 0.2) is 42.6 Å². The van der Waals surface area contributed by atoms with Crippen LogP contribution in [-0.4, -0.2) is 28.9 Å². The van der Waals surface area contributed by atoms with E-state index in [2.05, 4.69) is 22.5 Å². The Kier molecular flexibility index (Phi) is 5.54. The van der Waals surface area contributed by atoms with E-state index in [1.165, 1.54) is 12.1 Å². The second-order valence-electron chi connectivity index (χ2n) is 7.90. The first-order chi connectivity index (χ1) is 14.0. The van der Waals surface area contributed by atoms with Gasteiger partial charge in [-0.3, -0.25) is 9.59 Å². The van der Waals surface area contributed by atoms with Crippen LogP contribution >= 0.6 is 11.6 Å². The van der Waals surface area contributed by atoms with Gasteiger partial charge in [0.1, 0.15) is 11.5 Å². The van der Waals surface area contributed by atoms with Gasteiger partial charge in [0.15, 0.2) is 0 Å². The summed E-state index contributed by atoms with van der Waals surface area (Å²) in [5.41, 5.74) is 0.834. The Hall–Kier alpha value is -2.47. The number of aromatic nitrogens is 1. The zero-order valence-electron chi connectivity index (χ0n) is 16.1. The first-order valence-corrected chi connectivity index (χ1v) is 10.3. The lowest BCUT2D eigenvalue weighted by atomic mass is 9.99. The molecule has 5 nitrogen and oxygen atoms in total. The molecule has 2 fully saturated rings. The smallest absolute Gasteiger partial charge is 0.270 e. The topological polar surface area (TPSA) is 71.1 Å². The van der Waals surface area contributed by atoms with Crippen molar-refractivity contribution < 1.29 is 14.0 Å². The molecule has 2 saturated carbocycles. The molecule has 2 aliphatic rings. The summed E-state index contributed by atoms with van der Waals surface area (Å²) in [7, 11) is 0. The number of benzene rings is 1.